The van der Waals surface area contributed by atoms with Crippen LogP contribution in [-0.2, 0) is 4.79 Å². The van der Waals surface area contributed by atoms with Crippen LogP contribution in [0.1, 0.15) is 72.1 Å². The van der Waals surface area contributed by atoms with E-state index in [9.17, 15) is 4.79 Å². The third kappa shape index (κ3) is 5.14. The standard InChI is InChI=1S/C15H28O/c1-12-6-4-7-13(2)10-11-15(16)14(3)9-5-8-12/h12-14H,4-11H2,1-3H3. The zero-order valence-electron chi connectivity index (χ0n) is 11.3. The monoisotopic (exact) mass is 224 g/mol. The summed E-state index contributed by atoms with van der Waals surface area (Å²) >= 11 is 0. The molecule has 0 aromatic heterocycles. The van der Waals surface area contributed by atoms with Gasteiger partial charge in [0.15, 0.2) is 0 Å². The molecule has 94 valence electrons. The van der Waals surface area contributed by atoms with Crippen LogP contribution < -0.4 is 0 Å². The molecule has 0 aliphatic heterocycles. The summed E-state index contributed by atoms with van der Waals surface area (Å²) in [5.41, 5.74) is 0. The van der Waals surface area contributed by atoms with E-state index in [1.165, 1.54) is 32.1 Å². The van der Waals surface area contributed by atoms with Crippen LogP contribution in [0.25, 0.3) is 0 Å². The Kier molecular flexibility index (Phi) is 6.08. The van der Waals surface area contributed by atoms with Gasteiger partial charge in [0.2, 0.25) is 0 Å². The zero-order chi connectivity index (χ0) is 12.0. The normalized spacial score (nSPS) is 35.2. The summed E-state index contributed by atoms with van der Waals surface area (Å²) in [4.78, 5) is 11.9. The van der Waals surface area contributed by atoms with Gasteiger partial charge in [-0.25, -0.2) is 0 Å². The predicted molar refractivity (Wildman–Crippen MR) is 69.4 cm³/mol. The minimum atomic E-state index is 0.304. The van der Waals surface area contributed by atoms with Crippen molar-refractivity contribution in [1.29, 1.82) is 0 Å². The van der Waals surface area contributed by atoms with Crippen molar-refractivity contribution in [3.05, 3.63) is 0 Å². The van der Waals surface area contributed by atoms with Crippen LogP contribution in [0, 0.1) is 17.8 Å². The lowest BCUT2D eigenvalue weighted by Crippen LogP contribution is -2.13. The van der Waals surface area contributed by atoms with Gasteiger partial charge in [0.25, 0.3) is 0 Å². The Bertz CT molecular complexity index is 209. The summed E-state index contributed by atoms with van der Waals surface area (Å²) in [6, 6.07) is 0. The van der Waals surface area contributed by atoms with Gasteiger partial charge >= 0.3 is 0 Å². The summed E-state index contributed by atoms with van der Waals surface area (Å²) in [5.74, 6) is 2.40. The molecule has 0 saturated heterocycles. The van der Waals surface area contributed by atoms with Crippen molar-refractivity contribution in [3.63, 3.8) is 0 Å². The first-order valence-electron chi connectivity index (χ1n) is 7.12. The average Bonchev–Trinajstić information content (AvgIpc) is 2.24. The van der Waals surface area contributed by atoms with Crippen molar-refractivity contribution in [2.24, 2.45) is 17.8 Å². The highest BCUT2D eigenvalue weighted by molar-refractivity contribution is 5.80. The molecular weight excluding hydrogens is 196 g/mol. The quantitative estimate of drug-likeness (QED) is 0.588. The highest BCUT2D eigenvalue weighted by atomic mass is 16.1. The van der Waals surface area contributed by atoms with E-state index in [2.05, 4.69) is 20.8 Å². The summed E-state index contributed by atoms with van der Waals surface area (Å²) in [5, 5.41) is 0. The fourth-order valence-corrected chi connectivity index (χ4v) is 2.67. The van der Waals surface area contributed by atoms with E-state index in [1.807, 2.05) is 0 Å². The van der Waals surface area contributed by atoms with Crippen LogP contribution in [0.5, 0.6) is 0 Å². The molecule has 0 radical (unpaired) electrons. The van der Waals surface area contributed by atoms with E-state index in [4.69, 9.17) is 0 Å². The Morgan fingerprint density at radius 1 is 0.812 bits per heavy atom. The van der Waals surface area contributed by atoms with Gasteiger partial charge in [-0.3, -0.25) is 4.79 Å². The van der Waals surface area contributed by atoms with Crippen LogP contribution in [0.4, 0.5) is 0 Å². The van der Waals surface area contributed by atoms with Gasteiger partial charge in [-0.15, -0.1) is 0 Å². The maximum atomic E-state index is 11.9. The van der Waals surface area contributed by atoms with E-state index in [1.54, 1.807) is 0 Å². The smallest absolute Gasteiger partial charge is 0.135 e. The largest absolute Gasteiger partial charge is 0.299 e. The molecule has 0 N–H and O–H groups in total. The molecular formula is C15H28O. The van der Waals surface area contributed by atoms with Crippen molar-refractivity contribution in [1.82, 2.24) is 0 Å². The molecule has 1 fully saturated rings. The molecule has 0 aromatic rings. The number of hydrogen-bond donors (Lipinski definition) is 0. The molecule has 0 amide bonds. The van der Waals surface area contributed by atoms with E-state index in [-0.39, 0.29) is 0 Å². The average molecular weight is 224 g/mol. The highest BCUT2D eigenvalue weighted by Gasteiger charge is 2.16. The summed E-state index contributed by atoms with van der Waals surface area (Å²) in [6.45, 7) is 6.78. The molecule has 1 heteroatoms. The van der Waals surface area contributed by atoms with E-state index < -0.39 is 0 Å². The second kappa shape index (κ2) is 7.09. The van der Waals surface area contributed by atoms with Crippen molar-refractivity contribution >= 4 is 5.78 Å². The van der Waals surface area contributed by atoms with Gasteiger partial charge in [-0.05, 0) is 24.7 Å². The molecule has 0 aromatic carbocycles. The van der Waals surface area contributed by atoms with Gasteiger partial charge in [-0.1, -0.05) is 52.9 Å². The Morgan fingerprint density at radius 3 is 1.94 bits per heavy atom. The van der Waals surface area contributed by atoms with Gasteiger partial charge in [-0.2, -0.15) is 0 Å². The fourth-order valence-electron chi connectivity index (χ4n) is 2.67. The lowest BCUT2D eigenvalue weighted by atomic mass is 9.87. The Balaban J connectivity index is 2.44. The van der Waals surface area contributed by atoms with Crippen molar-refractivity contribution in [3.8, 4) is 0 Å². The first kappa shape index (κ1) is 13.7. The van der Waals surface area contributed by atoms with Crippen LogP contribution in [-0.4, -0.2) is 5.78 Å². The van der Waals surface area contributed by atoms with Gasteiger partial charge in [0, 0.05) is 12.3 Å². The van der Waals surface area contributed by atoms with Crippen molar-refractivity contribution in [2.75, 3.05) is 0 Å². The van der Waals surface area contributed by atoms with Crippen molar-refractivity contribution in [2.45, 2.75) is 72.1 Å². The number of carbonyl (C=O) groups is 1. The Labute approximate surface area is 101 Å². The third-order valence-corrected chi connectivity index (χ3v) is 4.16. The lowest BCUT2D eigenvalue weighted by Gasteiger charge is -2.18. The predicted octanol–water partition coefficient (Wildman–Crippen LogP) is 4.60. The minimum absolute atomic E-state index is 0.304. The first-order valence-corrected chi connectivity index (χ1v) is 7.12. The fraction of sp³-hybridized carbons (Fsp3) is 0.933. The van der Waals surface area contributed by atoms with Crippen LogP contribution >= 0.6 is 0 Å². The maximum absolute atomic E-state index is 11.9. The molecule has 0 bridgehead atoms. The lowest BCUT2D eigenvalue weighted by molar-refractivity contribution is -0.122. The Hall–Kier alpha value is -0.330. The SMILES string of the molecule is CC1CCCC(C)CCC(=O)C(C)CCC1. The van der Waals surface area contributed by atoms with E-state index >= 15 is 0 Å². The summed E-state index contributed by atoms with van der Waals surface area (Å²) in [6.07, 6.45) is 9.63. The molecule has 1 nitrogen and oxygen atoms in total. The molecule has 3 unspecified atom stereocenters. The second-order valence-electron chi connectivity index (χ2n) is 5.98. The number of carbonyl (C=O) groups excluding carboxylic acids is 1. The second-order valence-corrected chi connectivity index (χ2v) is 5.98. The molecule has 16 heavy (non-hydrogen) atoms. The van der Waals surface area contributed by atoms with Crippen LogP contribution in [0.3, 0.4) is 0 Å². The highest BCUT2D eigenvalue weighted by Crippen LogP contribution is 2.24. The van der Waals surface area contributed by atoms with Gasteiger partial charge in [0.1, 0.15) is 5.78 Å². The van der Waals surface area contributed by atoms with Crippen molar-refractivity contribution < 1.29 is 4.79 Å². The number of hydrogen-bond acceptors (Lipinski definition) is 1. The van der Waals surface area contributed by atoms with Gasteiger partial charge in [0.05, 0.1) is 0 Å². The molecule has 1 saturated carbocycles. The van der Waals surface area contributed by atoms with E-state index in [0.717, 1.165) is 31.1 Å². The third-order valence-electron chi connectivity index (χ3n) is 4.16. The molecule has 3 atom stereocenters. The summed E-state index contributed by atoms with van der Waals surface area (Å²) in [7, 11) is 0. The maximum Gasteiger partial charge on any atom is 0.135 e. The van der Waals surface area contributed by atoms with E-state index in [0.29, 0.717) is 11.7 Å². The Morgan fingerprint density at radius 2 is 1.31 bits per heavy atom. The molecule has 0 heterocycles. The number of Topliss-reactive ketones (excluding diaryl/α,β-unsaturated/α-hetero) is 1. The molecule has 1 rings (SSSR count). The summed E-state index contributed by atoms with van der Waals surface area (Å²) < 4.78 is 0. The first-order chi connectivity index (χ1) is 7.59. The number of ketones is 1. The molecule has 1 aliphatic rings. The zero-order valence-corrected chi connectivity index (χ0v) is 11.3. The van der Waals surface area contributed by atoms with Crippen LogP contribution in [0.2, 0.25) is 0 Å². The van der Waals surface area contributed by atoms with Crippen LogP contribution in [0.15, 0.2) is 0 Å². The minimum Gasteiger partial charge on any atom is -0.299 e. The topological polar surface area (TPSA) is 17.1 Å². The molecule has 0 spiro atoms. The number of rotatable bonds is 0. The van der Waals surface area contributed by atoms with Gasteiger partial charge < -0.3 is 0 Å². The molecule has 1 aliphatic carbocycles.